The first-order valence-corrected chi connectivity index (χ1v) is 5.36. The van der Waals surface area contributed by atoms with E-state index in [4.69, 9.17) is 5.73 Å². The zero-order valence-corrected chi connectivity index (χ0v) is 9.11. The molecule has 1 aliphatic rings. The van der Waals surface area contributed by atoms with Crippen molar-refractivity contribution in [2.75, 3.05) is 0 Å². The molecule has 0 spiro atoms. The van der Waals surface area contributed by atoms with Gasteiger partial charge in [-0.05, 0) is 29.9 Å². The monoisotopic (exact) mass is 199 g/mol. The summed E-state index contributed by atoms with van der Waals surface area (Å²) in [6.07, 6.45) is 8.34. The molecule has 0 radical (unpaired) electrons. The van der Waals surface area contributed by atoms with Gasteiger partial charge in [-0.1, -0.05) is 49.4 Å². The summed E-state index contributed by atoms with van der Waals surface area (Å²) in [5, 5.41) is 0. The Kier molecular flexibility index (Phi) is 2.63. The summed E-state index contributed by atoms with van der Waals surface area (Å²) < 4.78 is 0. The zero-order valence-electron chi connectivity index (χ0n) is 9.11. The van der Waals surface area contributed by atoms with Crippen molar-refractivity contribution in [3.05, 3.63) is 59.8 Å². The van der Waals surface area contributed by atoms with Crippen molar-refractivity contribution >= 4 is 0 Å². The summed E-state index contributed by atoms with van der Waals surface area (Å²) in [5.74, 6) is 0. The van der Waals surface area contributed by atoms with Gasteiger partial charge in [-0.3, -0.25) is 0 Å². The van der Waals surface area contributed by atoms with Crippen molar-refractivity contribution in [3.8, 4) is 0 Å². The Balaban J connectivity index is 2.13. The second kappa shape index (κ2) is 3.93. The van der Waals surface area contributed by atoms with Crippen LogP contribution < -0.4 is 5.73 Å². The molecule has 0 aromatic heterocycles. The van der Waals surface area contributed by atoms with Crippen LogP contribution in [-0.2, 0) is 6.42 Å². The van der Waals surface area contributed by atoms with Crippen molar-refractivity contribution in [1.82, 2.24) is 0 Å². The second-order valence-corrected chi connectivity index (χ2v) is 4.59. The summed E-state index contributed by atoms with van der Waals surface area (Å²) in [6.45, 7) is 2.26. The number of nitrogens with two attached hydrogens (primary N) is 1. The maximum absolute atomic E-state index is 5.87. The number of hydrogen-bond acceptors (Lipinski definition) is 1. The van der Waals surface area contributed by atoms with E-state index in [1.165, 1.54) is 5.56 Å². The molecule has 2 rings (SSSR count). The predicted octanol–water partition coefficient (Wildman–Crippen LogP) is 3.04. The number of benzene rings is 1. The van der Waals surface area contributed by atoms with Gasteiger partial charge in [0.1, 0.15) is 0 Å². The van der Waals surface area contributed by atoms with Gasteiger partial charge < -0.3 is 5.73 Å². The molecule has 1 heteroatoms. The van der Waals surface area contributed by atoms with Crippen LogP contribution in [0.4, 0.5) is 0 Å². The lowest BCUT2D eigenvalue weighted by atomic mass is 9.77. The van der Waals surface area contributed by atoms with Crippen molar-refractivity contribution in [2.45, 2.75) is 19.8 Å². The summed E-state index contributed by atoms with van der Waals surface area (Å²) in [7, 11) is 0. The van der Waals surface area contributed by atoms with Crippen molar-refractivity contribution in [1.29, 1.82) is 0 Å². The van der Waals surface area contributed by atoms with E-state index in [0.29, 0.717) is 0 Å². The fourth-order valence-corrected chi connectivity index (χ4v) is 2.17. The molecule has 0 bridgehead atoms. The molecule has 1 atom stereocenters. The highest BCUT2D eigenvalue weighted by Gasteiger charge is 2.23. The third kappa shape index (κ3) is 2.50. The molecule has 1 nitrogen and oxygen atoms in total. The van der Waals surface area contributed by atoms with E-state index >= 15 is 0 Å². The smallest absolute Gasteiger partial charge is 0.00890 e. The summed E-state index contributed by atoms with van der Waals surface area (Å²) in [5.41, 5.74) is 8.41. The molecule has 0 amide bonds. The van der Waals surface area contributed by atoms with E-state index < -0.39 is 0 Å². The standard InChI is InChI=1S/C14H17N/c1-14(9-5-8-13(15)11-14)10-12-6-3-2-4-7-12/h2-9H,10-11,15H2,1H3/t14-/m0/s1. The van der Waals surface area contributed by atoms with E-state index in [-0.39, 0.29) is 5.41 Å². The van der Waals surface area contributed by atoms with E-state index in [1.807, 2.05) is 6.08 Å². The molecule has 0 saturated carbocycles. The molecule has 0 heterocycles. The molecule has 0 aliphatic heterocycles. The maximum Gasteiger partial charge on any atom is 0.00890 e. The SMILES string of the molecule is C[C@@]1(Cc2ccccc2)C=CC=C(N)C1. The molecular weight excluding hydrogens is 182 g/mol. The molecule has 0 fully saturated rings. The Morgan fingerprint density at radius 1 is 1.27 bits per heavy atom. The molecule has 0 saturated heterocycles. The Bertz CT molecular complexity index is 389. The highest BCUT2D eigenvalue weighted by molar-refractivity contribution is 5.25. The van der Waals surface area contributed by atoms with Crippen molar-refractivity contribution < 1.29 is 0 Å². The van der Waals surface area contributed by atoms with Gasteiger partial charge in [-0.15, -0.1) is 0 Å². The lowest BCUT2D eigenvalue weighted by molar-refractivity contribution is 0.414. The molecule has 15 heavy (non-hydrogen) atoms. The molecule has 1 aliphatic carbocycles. The van der Waals surface area contributed by atoms with Gasteiger partial charge in [-0.2, -0.15) is 0 Å². The van der Waals surface area contributed by atoms with Crippen LogP contribution in [0, 0.1) is 5.41 Å². The fourth-order valence-electron chi connectivity index (χ4n) is 2.17. The Morgan fingerprint density at radius 3 is 2.67 bits per heavy atom. The highest BCUT2D eigenvalue weighted by Crippen LogP contribution is 2.32. The van der Waals surface area contributed by atoms with E-state index in [0.717, 1.165) is 18.5 Å². The minimum absolute atomic E-state index is 0.181. The van der Waals surface area contributed by atoms with Gasteiger partial charge in [0.25, 0.3) is 0 Å². The van der Waals surface area contributed by atoms with Crippen LogP contribution in [0.15, 0.2) is 54.3 Å². The molecule has 0 unspecified atom stereocenters. The first-order chi connectivity index (χ1) is 7.18. The Morgan fingerprint density at radius 2 is 2.00 bits per heavy atom. The fraction of sp³-hybridized carbons (Fsp3) is 0.286. The van der Waals surface area contributed by atoms with Gasteiger partial charge in [-0.25, -0.2) is 0 Å². The average Bonchev–Trinajstić information content (AvgIpc) is 2.18. The van der Waals surface area contributed by atoms with Crippen LogP contribution in [0.2, 0.25) is 0 Å². The van der Waals surface area contributed by atoms with Crippen LogP contribution >= 0.6 is 0 Å². The second-order valence-electron chi connectivity index (χ2n) is 4.59. The number of hydrogen-bond donors (Lipinski definition) is 1. The Labute approximate surface area is 91.3 Å². The molecule has 1 aromatic carbocycles. The van der Waals surface area contributed by atoms with Gasteiger partial charge >= 0.3 is 0 Å². The van der Waals surface area contributed by atoms with E-state index in [9.17, 15) is 0 Å². The van der Waals surface area contributed by atoms with Crippen molar-refractivity contribution in [3.63, 3.8) is 0 Å². The first kappa shape index (κ1) is 10.0. The normalized spacial score (nSPS) is 25.0. The minimum atomic E-state index is 0.181. The topological polar surface area (TPSA) is 26.0 Å². The lowest BCUT2D eigenvalue weighted by Gasteiger charge is -2.28. The van der Waals surface area contributed by atoms with Gasteiger partial charge in [0, 0.05) is 5.70 Å². The predicted molar refractivity (Wildman–Crippen MR) is 64.3 cm³/mol. The summed E-state index contributed by atoms with van der Waals surface area (Å²) in [6, 6.07) is 10.6. The maximum atomic E-state index is 5.87. The number of rotatable bonds is 2. The summed E-state index contributed by atoms with van der Waals surface area (Å²) >= 11 is 0. The summed E-state index contributed by atoms with van der Waals surface area (Å²) in [4.78, 5) is 0. The first-order valence-electron chi connectivity index (χ1n) is 5.36. The van der Waals surface area contributed by atoms with Crippen LogP contribution in [0.3, 0.4) is 0 Å². The van der Waals surface area contributed by atoms with Gasteiger partial charge in [0.05, 0.1) is 0 Å². The van der Waals surface area contributed by atoms with Crippen LogP contribution in [0.1, 0.15) is 18.9 Å². The Hall–Kier alpha value is -1.50. The minimum Gasteiger partial charge on any atom is -0.402 e. The molecule has 2 N–H and O–H groups in total. The molecular formula is C14H17N. The van der Waals surface area contributed by atoms with Gasteiger partial charge in [0.15, 0.2) is 0 Å². The van der Waals surface area contributed by atoms with Crippen LogP contribution in [0.5, 0.6) is 0 Å². The highest BCUT2D eigenvalue weighted by atomic mass is 14.6. The van der Waals surface area contributed by atoms with Crippen molar-refractivity contribution in [2.24, 2.45) is 11.1 Å². The van der Waals surface area contributed by atoms with Crippen LogP contribution in [0.25, 0.3) is 0 Å². The molecule has 1 aromatic rings. The van der Waals surface area contributed by atoms with Gasteiger partial charge in [0.2, 0.25) is 0 Å². The molecule has 78 valence electrons. The largest absolute Gasteiger partial charge is 0.402 e. The van der Waals surface area contributed by atoms with E-state index in [1.54, 1.807) is 0 Å². The third-order valence-corrected chi connectivity index (χ3v) is 2.87. The van der Waals surface area contributed by atoms with E-state index in [2.05, 4.69) is 49.4 Å². The zero-order chi connectivity index (χ0) is 10.7. The average molecular weight is 199 g/mol. The quantitative estimate of drug-likeness (QED) is 0.778. The lowest BCUT2D eigenvalue weighted by Crippen LogP contribution is -2.22. The third-order valence-electron chi connectivity index (χ3n) is 2.87. The van der Waals surface area contributed by atoms with Crippen LogP contribution in [-0.4, -0.2) is 0 Å². The number of allylic oxidation sites excluding steroid dienone is 4.